The molecule has 0 radical (unpaired) electrons. The van der Waals surface area contributed by atoms with Gasteiger partial charge < -0.3 is 14.8 Å². The lowest BCUT2D eigenvalue weighted by Crippen LogP contribution is -2.35. The van der Waals surface area contributed by atoms with Gasteiger partial charge in [0.25, 0.3) is 0 Å². The van der Waals surface area contributed by atoms with E-state index >= 15 is 0 Å². The summed E-state index contributed by atoms with van der Waals surface area (Å²) in [6.07, 6.45) is 1.55. The third-order valence-corrected chi connectivity index (χ3v) is 2.30. The number of nitrogens with zero attached hydrogens (tertiary/aromatic N) is 2. The zero-order valence-corrected chi connectivity index (χ0v) is 8.97. The third-order valence-electron chi connectivity index (χ3n) is 2.30. The second-order valence-electron chi connectivity index (χ2n) is 3.37. The molecule has 1 atom stereocenters. The molecule has 2 rings (SSSR count). The molecule has 1 aliphatic heterocycles. The van der Waals surface area contributed by atoms with Gasteiger partial charge in [0.15, 0.2) is 5.69 Å². The number of aromatic nitrogens is 2. The van der Waals surface area contributed by atoms with Crippen molar-refractivity contribution < 1.29 is 14.3 Å². The molecular formula is C10H13N3O3. The molecule has 1 aliphatic rings. The topological polar surface area (TPSA) is 73.3 Å². The summed E-state index contributed by atoms with van der Waals surface area (Å²) in [5.41, 5.74) is 0.264. The number of carbonyl (C=O) groups excluding carboxylic acids is 1. The van der Waals surface area contributed by atoms with Crippen LogP contribution in [0.5, 0.6) is 0 Å². The van der Waals surface area contributed by atoms with Gasteiger partial charge in [-0.15, -0.1) is 0 Å². The first-order valence-corrected chi connectivity index (χ1v) is 5.03. The molecule has 0 aromatic carbocycles. The van der Waals surface area contributed by atoms with Crippen LogP contribution in [0.15, 0.2) is 12.3 Å². The lowest BCUT2D eigenvalue weighted by atomic mass is 10.2. The molecule has 16 heavy (non-hydrogen) atoms. The highest BCUT2D eigenvalue weighted by atomic mass is 16.5. The molecule has 0 aliphatic carbocycles. The van der Waals surface area contributed by atoms with Gasteiger partial charge in [-0.1, -0.05) is 0 Å². The van der Waals surface area contributed by atoms with Gasteiger partial charge in [0.2, 0.25) is 0 Å². The standard InChI is InChI=1S/C10H13N3O3/c1-15-10(14)7-2-3-12-9(13-7)8-6-16-5-4-11-8/h2-3,8,11H,4-6H2,1H3. The van der Waals surface area contributed by atoms with Crippen LogP contribution in [0.1, 0.15) is 22.4 Å². The Kier molecular flexibility index (Phi) is 3.43. The van der Waals surface area contributed by atoms with Gasteiger partial charge in [-0.05, 0) is 6.07 Å². The van der Waals surface area contributed by atoms with Crippen molar-refractivity contribution in [2.24, 2.45) is 0 Å². The van der Waals surface area contributed by atoms with E-state index in [1.807, 2.05) is 0 Å². The molecule has 1 N–H and O–H groups in total. The maximum Gasteiger partial charge on any atom is 0.356 e. The van der Waals surface area contributed by atoms with Crippen molar-refractivity contribution in [1.82, 2.24) is 15.3 Å². The summed E-state index contributed by atoms with van der Waals surface area (Å²) in [5, 5.41) is 3.22. The summed E-state index contributed by atoms with van der Waals surface area (Å²) in [7, 11) is 1.33. The van der Waals surface area contributed by atoms with Crippen molar-refractivity contribution in [3.8, 4) is 0 Å². The Morgan fingerprint density at radius 3 is 3.25 bits per heavy atom. The average molecular weight is 223 g/mol. The predicted molar refractivity (Wildman–Crippen MR) is 54.9 cm³/mol. The number of ether oxygens (including phenoxy) is 2. The summed E-state index contributed by atoms with van der Waals surface area (Å²) in [5.74, 6) is 0.1000. The van der Waals surface area contributed by atoms with Crippen LogP contribution in [0, 0.1) is 0 Å². The van der Waals surface area contributed by atoms with Crippen LogP contribution in [0.4, 0.5) is 0 Å². The van der Waals surface area contributed by atoms with Gasteiger partial charge in [-0.2, -0.15) is 0 Å². The van der Waals surface area contributed by atoms with Crippen LogP contribution in [0.25, 0.3) is 0 Å². The molecule has 6 nitrogen and oxygen atoms in total. The minimum Gasteiger partial charge on any atom is -0.464 e. The Labute approximate surface area is 93.0 Å². The van der Waals surface area contributed by atoms with E-state index in [4.69, 9.17) is 4.74 Å². The second kappa shape index (κ2) is 5.00. The summed E-state index contributed by atoms with van der Waals surface area (Å²) in [6.45, 7) is 1.97. The SMILES string of the molecule is COC(=O)c1ccnc(C2COCCN2)n1. The molecule has 1 aromatic rings. The molecule has 0 bridgehead atoms. The van der Waals surface area contributed by atoms with E-state index in [-0.39, 0.29) is 11.7 Å². The molecule has 2 heterocycles. The van der Waals surface area contributed by atoms with Gasteiger partial charge in [0, 0.05) is 12.7 Å². The zero-order chi connectivity index (χ0) is 11.4. The van der Waals surface area contributed by atoms with Crippen LogP contribution in [0.3, 0.4) is 0 Å². The number of rotatable bonds is 2. The summed E-state index contributed by atoms with van der Waals surface area (Å²) >= 11 is 0. The van der Waals surface area contributed by atoms with E-state index in [9.17, 15) is 4.79 Å². The first kappa shape index (κ1) is 11.0. The van der Waals surface area contributed by atoms with Crippen molar-refractivity contribution in [1.29, 1.82) is 0 Å². The Hall–Kier alpha value is -1.53. The number of esters is 1. The molecular weight excluding hydrogens is 210 g/mol. The molecule has 1 saturated heterocycles. The van der Waals surface area contributed by atoms with E-state index in [1.165, 1.54) is 13.2 Å². The number of morpholine rings is 1. The van der Waals surface area contributed by atoms with E-state index in [2.05, 4.69) is 20.0 Å². The maximum atomic E-state index is 11.3. The highest BCUT2D eigenvalue weighted by molar-refractivity contribution is 5.86. The van der Waals surface area contributed by atoms with Gasteiger partial charge in [0.1, 0.15) is 5.82 Å². The molecule has 0 spiro atoms. The number of hydrogen-bond acceptors (Lipinski definition) is 6. The summed E-state index contributed by atoms with van der Waals surface area (Å²) < 4.78 is 9.90. The van der Waals surface area contributed by atoms with Crippen molar-refractivity contribution in [3.05, 3.63) is 23.8 Å². The fraction of sp³-hybridized carbons (Fsp3) is 0.500. The Morgan fingerprint density at radius 2 is 2.56 bits per heavy atom. The Morgan fingerprint density at radius 1 is 1.69 bits per heavy atom. The van der Waals surface area contributed by atoms with Crippen molar-refractivity contribution >= 4 is 5.97 Å². The van der Waals surface area contributed by atoms with Gasteiger partial charge in [0.05, 0.1) is 26.4 Å². The number of hydrogen-bond donors (Lipinski definition) is 1. The van der Waals surface area contributed by atoms with Gasteiger partial charge in [-0.25, -0.2) is 14.8 Å². The van der Waals surface area contributed by atoms with Crippen LogP contribution in [-0.2, 0) is 9.47 Å². The van der Waals surface area contributed by atoms with Gasteiger partial charge in [-0.3, -0.25) is 0 Å². The largest absolute Gasteiger partial charge is 0.464 e. The summed E-state index contributed by atoms with van der Waals surface area (Å²) in [4.78, 5) is 19.5. The van der Waals surface area contributed by atoms with Crippen LogP contribution in [0.2, 0.25) is 0 Å². The Balaban J connectivity index is 2.17. The van der Waals surface area contributed by atoms with Crippen LogP contribution in [-0.4, -0.2) is 42.8 Å². The third kappa shape index (κ3) is 2.34. The number of methoxy groups -OCH3 is 1. The quantitative estimate of drug-likeness (QED) is 0.707. The average Bonchev–Trinajstić information content (AvgIpc) is 2.39. The predicted octanol–water partition coefficient (Wildman–Crippen LogP) is -0.0759. The highest BCUT2D eigenvalue weighted by Gasteiger charge is 2.19. The van der Waals surface area contributed by atoms with E-state index in [1.54, 1.807) is 6.20 Å². The smallest absolute Gasteiger partial charge is 0.356 e. The van der Waals surface area contributed by atoms with Crippen LogP contribution >= 0.6 is 0 Å². The molecule has 0 saturated carbocycles. The molecule has 1 unspecified atom stereocenters. The number of carbonyl (C=O) groups is 1. The van der Waals surface area contributed by atoms with E-state index in [0.717, 1.165) is 6.54 Å². The summed E-state index contributed by atoms with van der Waals surface area (Å²) in [6, 6.07) is 1.47. The molecule has 6 heteroatoms. The van der Waals surface area contributed by atoms with Gasteiger partial charge >= 0.3 is 5.97 Å². The molecule has 86 valence electrons. The van der Waals surface area contributed by atoms with E-state index in [0.29, 0.717) is 19.0 Å². The lowest BCUT2D eigenvalue weighted by Gasteiger charge is -2.22. The minimum absolute atomic E-state index is 0.0571. The zero-order valence-electron chi connectivity index (χ0n) is 8.97. The first-order valence-electron chi connectivity index (χ1n) is 5.03. The second-order valence-corrected chi connectivity index (χ2v) is 3.37. The molecule has 1 fully saturated rings. The van der Waals surface area contributed by atoms with E-state index < -0.39 is 5.97 Å². The van der Waals surface area contributed by atoms with Crippen LogP contribution < -0.4 is 5.32 Å². The highest BCUT2D eigenvalue weighted by Crippen LogP contribution is 2.11. The maximum absolute atomic E-state index is 11.3. The minimum atomic E-state index is -0.458. The fourth-order valence-electron chi connectivity index (χ4n) is 1.49. The monoisotopic (exact) mass is 223 g/mol. The first-order chi connectivity index (χ1) is 7.81. The van der Waals surface area contributed by atoms with Crippen molar-refractivity contribution in [2.75, 3.05) is 26.9 Å². The van der Waals surface area contributed by atoms with Crippen molar-refractivity contribution in [3.63, 3.8) is 0 Å². The molecule has 0 amide bonds. The lowest BCUT2D eigenvalue weighted by molar-refractivity contribution is 0.0588. The van der Waals surface area contributed by atoms with Crippen molar-refractivity contribution in [2.45, 2.75) is 6.04 Å². The Bertz CT molecular complexity index is 377. The fourth-order valence-corrected chi connectivity index (χ4v) is 1.49. The molecule has 1 aromatic heterocycles. The normalized spacial score (nSPS) is 20.4. The number of nitrogens with one attached hydrogen (secondary N) is 1.